The van der Waals surface area contributed by atoms with E-state index in [0.29, 0.717) is 12.5 Å². The van der Waals surface area contributed by atoms with E-state index in [4.69, 9.17) is 0 Å². The lowest BCUT2D eigenvalue weighted by Crippen LogP contribution is -2.40. The average molecular weight is 302 g/mol. The molecule has 0 heterocycles. The Balaban J connectivity index is 2.02. The maximum Gasteiger partial charge on any atom is 0.224 e. The van der Waals surface area contributed by atoms with E-state index in [2.05, 4.69) is 5.32 Å². The van der Waals surface area contributed by atoms with Crippen LogP contribution in [0.25, 0.3) is 0 Å². The Morgan fingerprint density at radius 3 is 2.41 bits per heavy atom. The molecule has 1 N–H and O–H groups in total. The van der Waals surface area contributed by atoms with Gasteiger partial charge in [-0.3, -0.25) is 9.59 Å². The number of hydrogen-bond acceptors (Lipinski definition) is 2. The van der Waals surface area contributed by atoms with Gasteiger partial charge in [-0.05, 0) is 18.4 Å². The standard InChI is InChI=1S/C18H26N2O2/c1-14(21)19-17(15-9-5-3-6-10-15)13-18(22)20(2)16-11-7-4-8-12-16/h3,5-6,9-10,16-17H,4,7-8,11-13H2,1-2H3,(H,19,21)/t17-/m0/s1. The Bertz CT molecular complexity index is 495. The summed E-state index contributed by atoms with van der Waals surface area (Å²) < 4.78 is 0. The van der Waals surface area contributed by atoms with Crippen LogP contribution >= 0.6 is 0 Å². The fourth-order valence-electron chi connectivity index (χ4n) is 3.17. The third-order valence-corrected chi connectivity index (χ3v) is 4.47. The summed E-state index contributed by atoms with van der Waals surface area (Å²) in [4.78, 5) is 25.9. The minimum absolute atomic E-state index is 0.106. The zero-order valence-electron chi connectivity index (χ0n) is 13.5. The highest BCUT2D eigenvalue weighted by Crippen LogP contribution is 2.24. The highest BCUT2D eigenvalue weighted by Gasteiger charge is 2.25. The van der Waals surface area contributed by atoms with Gasteiger partial charge in [0.15, 0.2) is 0 Å². The number of nitrogens with one attached hydrogen (secondary N) is 1. The van der Waals surface area contributed by atoms with E-state index >= 15 is 0 Å². The Morgan fingerprint density at radius 2 is 1.82 bits per heavy atom. The summed E-state index contributed by atoms with van der Waals surface area (Å²) >= 11 is 0. The first-order valence-corrected chi connectivity index (χ1v) is 8.15. The lowest BCUT2D eigenvalue weighted by molar-refractivity contribution is -0.133. The van der Waals surface area contributed by atoms with Gasteiger partial charge in [0.05, 0.1) is 12.5 Å². The maximum absolute atomic E-state index is 12.6. The van der Waals surface area contributed by atoms with Crippen LogP contribution in [0.3, 0.4) is 0 Å². The second-order valence-corrected chi connectivity index (χ2v) is 6.16. The average Bonchev–Trinajstić information content (AvgIpc) is 2.54. The molecule has 4 nitrogen and oxygen atoms in total. The molecule has 1 fully saturated rings. The molecular formula is C18H26N2O2. The first-order valence-electron chi connectivity index (χ1n) is 8.15. The van der Waals surface area contributed by atoms with Crippen LogP contribution in [-0.4, -0.2) is 29.8 Å². The predicted octanol–water partition coefficient (Wildman–Crippen LogP) is 3.05. The Labute approximate surface area is 132 Å². The van der Waals surface area contributed by atoms with Gasteiger partial charge < -0.3 is 10.2 Å². The lowest BCUT2D eigenvalue weighted by Gasteiger charge is -2.32. The van der Waals surface area contributed by atoms with Crippen molar-refractivity contribution in [1.82, 2.24) is 10.2 Å². The molecule has 0 spiro atoms. The summed E-state index contributed by atoms with van der Waals surface area (Å²) in [7, 11) is 1.90. The molecule has 1 aliphatic carbocycles. The molecular weight excluding hydrogens is 276 g/mol. The van der Waals surface area contributed by atoms with Crippen molar-refractivity contribution in [3.63, 3.8) is 0 Å². The van der Waals surface area contributed by atoms with Gasteiger partial charge in [0.2, 0.25) is 11.8 Å². The maximum atomic E-state index is 12.6. The molecule has 0 aliphatic heterocycles. The normalized spacial score (nSPS) is 16.8. The van der Waals surface area contributed by atoms with Crippen molar-refractivity contribution in [3.05, 3.63) is 35.9 Å². The van der Waals surface area contributed by atoms with Crippen LogP contribution in [0.5, 0.6) is 0 Å². The van der Waals surface area contributed by atoms with Crippen LogP contribution in [0.2, 0.25) is 0 Å². The van der Waals surface area contributed by atoms with Crippen molar-refractivity contribution in [3.8, 4) is 0 Å². The van der Waals surface area contributed by atoms with Crippen LogP contribution in [-0.2, 0) is 9.59 Å². The van der Waals surface area contributed by atoms with Crippen LogP contribution in [0.15, 0.2) is 30.3 Å². The highest BCUT2D eigenvalue weighted by atomic mass is 16.2. The summed E-state index contributed by atoms with van der Waals surface area (Å²) in [5, 5.41) is 2.90. The van der Waals surface area contributed by atoms with E-state index < -0.39 is 0 Å². The van der Waals surface area contributed by atoms with Crippen LogP contribution < -0.4 is 5.32 Å². The van der Waals surface area contributed by atoms with Gasteiger partial charge in [-0.15, -0.1) is 0 Å². The third-order valence-electron chi connectivity index (χ3n) is 4.47. The number of rotatable bonds is 5. The molecule has 1 atom stereocenters. The zero-order valence-corrected chi connectivity index (χ0v) is 13.5. The molecule has 4 heteroatoms. The van der Waals surface area contributed by atoms with Crippen LogP contribution in [0.4, 0.5) is 0 Å². The molecule has 1 aliphatic rings. The van der Waals surface area contributed by atoms with Gasteiger partial charge in [-0.25, -0.2) is 0 Å². The highest BCUT2D eigenvalue weighted by molar-refractivity contribution is 5.79. The molecule has 2 rings (SSSR count). The molecule has 0 unspecified atom stereocenters. The Hall–Kier alpha value is -1.84. The molecule has 1 aromatic rings. The molecule has 0 bridgehead atoms. The van der Waals surface area contributed by atoms with Gasteiger partial charge in [0, 0.05) is 20.0 Å². The smallest absolute Gasteiger partial charge is 0.224 e. The van der Waals surface area contributed by atoms with Crippen molar-refractivity contribution in [2.24, 2.45) is 0 Å². The molecule has 120 valence electrons. The molecule has 1 aromatic carbocycles. The number of carbonyl (C=O) groups is 2. The fourth-order valence-corrected chi connectivity index (χ4v) is 3.17. The van der Waals surface area contributed by atoms with E-state index in [-0.39, 0.29) is 17.9 Å². The van der Waals surface area contributed by atoms with E-state index in [9.17, 15) is 9.59 Å². The fraction of sp³-hybridized carbons (Fsp3) is 0.556. The first-order chi connectivity index (χ1) is 10.6. The van der Waals surface area contributed by atoms with Crippen molar-refractivity contribution in [2.45, 2.75) is 57.5 Å². The Kier molecular flexibility index (Phi) is 5.99. The summed E-state index contributed by atoms with van der Waals surface area (Å²) in [5.74, 6) is -0.00326. The number of amides is 2. The van der Waals surface area contributed by atoms with E-state index in [0.717, 1.165) is 18.4 Å². The van der Waals surface area contributed by atoms with Gasteiger partial charge >= 0.3 is 0 Å². The van der Waals surface area contributed by atoms with Gasteiger partial charge in [-0.1, -0.05) is 49.6 Å². The summed E-state index contributed by atoms with van der Waals surface area (Å²) in [5.41, 5.74) is 0.975. The largest absolute Gasteiger partial charge is 0.349 e. The first kappa shape index (κ1) is 16.5. The van der Waals surface area contributed by atoms with Gasteiger partial charge in [0.1, 0.15) is 0 Å². The van der Waals surface area contributed by atoms with Crippen LogP contribution in [0.1, 0.15) is 57.1 Å². The number of benzene rings is 1. The minimum atomic E-state index is -0.253. The monoisotopic (exact) mass is 302 g/mol. The number of hydrogen-bond donors (Lipinski definition) is 1. The van der Waals surface area contributed by atoms with Crippen molar-refractivity contribution >= 4 is 11.8 Å². The topological polar surface area (TPSA) is 49.4 Å². The van der Waals surface area contributed by atoms with Gasteiger partial charge in [0.25, 0.3) is 0 Å². The molecule has 2 amide bonds. The van der Waals surface area contributed by atoms with Crippen molar-refractivity contribution in [1.29, 1.82) is 0 Å². The molecule has 1 saturated carbocycles. The van der Waals surface area contributed by atoms with Crippen LogP contribution in [0, 0.1) is 0 Å². The predicted molar refractivity (Wildman–Crippen MR) is 87.3 cm³/mol. The lowest BCUT2D eigenvalue weighted by atomic mass is 9.94. The second kappa shape index (κ2) is 7.97. The van der Waals surface area contributed by atoms with E-state index in [1.54, 1.807) is 0 Å². The summed E-state index contributed by atoms with van der Waals surface area (Å²) in [6, 6.07) is 9.80. The molecule has 0 radical (unpaired) electrons. The third kappa shape index (κ3) is 4.58. The minimum Gasteiger partial charge on any atom is -0.349 e. The van der Waals surface area contributed by atoms with E-state index in [1.165, 1.54) is 26.2 Å². The Morgan fingerprint density at radius 1 is 1.18 bits per heavy atom. The zero-order chi connectivity index (χ0) is 15.9. The van der Waals surface area contributed by atoms with Crippen molar-refractivity contribution in [2.75, 3.05) is 7.05 Å². The molecule has 22 heavy (non-hydrogen) atoms. The van der Waals surface area contributed by atoms with Crippen molar-refractivity contribution < 1.29 is 9.59 Å². The number of nitrogens with zero attached hydrogens (tertiary/aromatic N) is 1. The van der Waals surface area contributed by atoms with Gasteiger partial charge in [-0.2, -0.15) is 0 Å². The summed E-state index contributed by atoms with van der Waals surface area (Å²) in [6.07, 6.45) is 6.19. The number of carbonyl (C=O) groups excluding carboxylic acids is 2. The summed E-state index contributed by atoms with van der Waals surface area (Å²) in [6.45, 7) is 1.49. The van der Waals surface area contributed by atoms with E-state index in [1.807, 2.05) is 42.3 Å². The molecule has 0 saturated heterocycles. The SMILES string of the molecule is CC(=O)N[C@@H](CC(=O)N(C)C1CCCCC1)c1ccccc1. The quantitative estimate of drug-likeness (QED) is 0.909. The molecule has 0 aromatic heterocycles. The second-order valence-electron chi connectivity index (χ2n) is 6.16.